The number of guanidine groups is 1. The fourth-order valence-corrected chi connectivity index (χ4v) is 1.83. The summed E-state index contributed by atoms with van der Waals surface area (Å²) in [5, 5.41) is 13.9. The molecule has 0 unspecified atom stereocenters. The van der Waals surface area contributed by atoms with E-state index in [1.54, 1.807) is 13.2 Å². The summed E-state index contributed by atoms with van der Waals surface area (Å²) in [4.78, 5) is 4.15. The fourth-order valence-electron chi connectivity index (χ4n) is 1.62. The molecule has 0 fully saturated rings. The molecule has 7 heteroatoms. The molecule has 0 atom stereocenters. The average Bonchev–Trinajstić information content (AvgIpc) is 2.92. The molecule has 1 aromatic heterocycles. The summed E-state index contributed by atoms with van der Waals surface area (Å²) in [6.45, 7) is 1.32. The number of halogens is 2. The lowest BCUT2D eigenvalue weighted by molar-refractivity contribution is 0.790. The molecule has 0 saturated heterocycles. The highest BCUT2D eigenvalue weighted by Gasteiger charge is 2.00. The number of benzene rings is 1. The number of aliphatic imine (C=N–C) groups is 1. The van der Waals surface area contributed by atoms with Crippen LogP contribution in [0.4, 0.5) is 0 Å². The molecule has 0 spiro atoms. The van der Waals surface area contributed by atoms with Gasteiger partial charge >= 0.3 is 0 Å². The van der Waals surface area contributed by atoms with E-state index >= 15 is 0 Å². The normalized spacial score (nSPS) is 10.8. The molecule has 108 valence electrons. The van der Waals surface area contributed by atoms with Crippen molar-refractivity contribution in [3.8, 4) is 0 Å². The molecule has 2 aromatic rings. The third-order valence-corrected chi connectivity index (χ3v) is 2.81. The fraction of sp³-hybridized carbons (Fsp3) is 0.231. The van der Waals surface area contributed by atoms with Gasteiger partial charge in [-0.05, 0) is 23.8 Å². The lowest BCUT2D eigenvalue weighted by Gasteiger charge is -2.11. The molecule has 3 N–H and O–H groups in total. The van der Waals surface area contributed by atoms with E-state index in [0.29, 0.717) is 13.1 Å². The highest BCUT2D eigenvalue weighted by Crippen LogP contribution is 2.10. The van der Waals surface area contributed by atoms with E-state index in [1.165, 1.54) is 0 Å². The quantitative estimate of drug-likeness (QED) is 0.416. The minimum absolute atomic E-state index is 0. The highest BCUT2D eigenvalue weighted by atomic mass is 127. The van der Waals surface area contributed by atoms with Gasteiger partial charge in [0.15, 0.2) is 5.96 Å². The Morgan fingerprint density at radius 1 is 1.30 bits per heavy atom. The minimum atomic E-state index is 0. The summed E-state index contributed by atoms with van der Waals surface area (Å²) in [6.07, 6.45) is 1.72. The first kappa shape index (κ1) is 16.8. The maximum atomic E-state index is 5.94. The minimum Gasteiger partial charge on any atom is -0.352 e. The van der Waals surface area contributed by atoms with E-state index in [-0.39, 0.29) is 24.0 Å². The number of nitrogens with zero attached hydrogens (tertiary/aromatic N) is 2. The predicted molar refractivity (Wildman–Crippen MR) is 92.5 cm³/mol. The number of nitrogens with one attached hydrogen (secondary N) is 3. The van der Waals surface area contributed by atoms with Crippen molar-refractivity contribution in [3.05, 3.63) is 52.8 Å². The van der Waals surface area contributed by atoms with E-state index in [2.05, 4.69) is 25.8 Å². The first-order chi connectivity index (χ1) is 9.28. The average molecular weight is 406 g/mol. The molecule has 0 aliphatic heterocycles. The number of hydrogen-bond donors (Lipinski definition) is 3. The molecule has 5 nitrogen and oxygen atoms in total. The first-order valence-electron chi connectivity index (χ1n) is 5.95. The van der Waals surface area contributed by atoms with Crippen LogP contribution < -0.4 is 10.6 Å². The van der Waals surface area contributed by atoms with Crippen LogP contribution in [0.1, 0.15) is 11.3 Å². The van der Waals surface area contributed by atoms with Gasteiger partial charge < -0.3 is 10.6 Å². The van der Waals surface area contributed by atoms with Gasteiger partial charge in [0.05, 0.1) is 12.2 Å². The Balaban J connectivity index is 0.00000200. The molecule has 2 rings (SSSR count). The lowest BCUT2D eigenvalue weighted by atomic mass is 10.2. The van der Waals surface area contributed by atoms with Gasteiger partial charge in [0.1, 0.15) is 0 Å². The van der Waals surface area contributed by atoms with Crippen LogP contribution in [0.5, 0.6) is 0 Å². The second kappa shape index (κ2) is 8.80. The van der Waals surface area contributed by atoms with Crippen LogP contribution in [-0.4, -0.2) is 23.2 Å². The number of rotatable bonds is 4. The number of H-pyrrole nitrogens is 1. The molecule has 0 amide bonds. The van der Waals surface area contributed by atoms with Gasteiger partial charge in [0, 0.05) is 24.8 Å². The second-order valence-electron chi connectivity index (χ2n) is 3.99. The van der Waals surface area contributed by atoms with Crippen molar-refractivity contribution in [1.29, 1.82) is 0 Å². The first-order valence-corrected chi connectivity index (χ1v) is 6.33. The maximum absolute atomic E-state index is 5.94. The molecule has 1 aromatic carbocycles. The Hall–Kier alpha value is -1.28. The van der Waals surface area contributed by atoms with Crippen molar-refractivity contribution in [1.82, 2.24) is 20.8 Å². The Kier molecular flexibility index (Phi) is 7.38. The van der Waals surface area contributed by atoms with Crippen LogP contribution in [0, 0.1) is 0 Å². The molecule has 1 heterocycles. The summed E-state index contributed by atoms with van der Waals surface area (Å²) in [5.74, 6) is 0.731. The zero-order valence-corrected chi connectivity index (χ0v) is 14.1. The Morgan fingerprint density at radius 3 is 2.75 bits per heavy atom. The molecule has 0 bridgehead atoms. The van der Waals surface area contributed by atoms with Crippen LogP contribution >= 0.6 is 35.6 Å². The zero-order chi connectivity index (χ0) is 13.5. The van der Waals surface area contributed by atoms with Crippen molar-refractivity contribution in [2.75, 3.05) is 7.05 Å². The van der Waals surface area contributed by atoms with Gasteiger partial charge in [-0.2, -0.15) is 5.10 Å². The SMILES string of the molecule is CN=C(NCc1cccc(Cl)c1)NCc1ccn[nH]1.I. The van der Waals surface area contributed by atoms with Crippen LogP contribution in [-0.2, 0) is 13.1 Å². The van der Waals surface area contributed by atoms with E-state index in [1.807, 2.05) is 30.3 Å². The van der Waals surface area contributed by atoms with Gasteiger partial charge in [0.2, 0.25) is 0 Å². The van der Waals surface area contributed by atoms with E-state index < -0.39 is 0 Å². The van der Waals surface area contributed by atoms with Crippen molar-refractivity contribution in [2.45, 2.75) is 13.1 Å². The Bertz CT molecular complexity index is 541. The summed E-state index contributed by atoms with van der Waals surface area (Å²) >= 11 is 5.94. The van der Waals surface area contributed by atoms with Crippen LogP contribution in [0.15, 0.2) is 41.5 Å². The van der Waals surface area contributed by atoms with Crippen molar-refractivity contribution < 1.29 is 0 Å². The third-order valence-electron chi connectivity index (χ3n) is 2.58. The van der Waals surface area contributed by atoms with E-state index in [4.69, 9.17) is 11.6 Å². The third kappa shape index (κ3) is 5.38. The standard InChI is InChI=1S/C13H16ClN5.HI/c1-15-13(17-9-12-5-6-18-19-12)16-8-10-3-2-4-11(14)7-10;/h2-7H,8-9H2,1H3,(H,18,19)(H2,15,16,17);1H. The largest absolute Gasteiger partial charge is 0.352 e. The maximum Gasteiger partial charge on any atom is 0.191 e. The summed E-state index contributed by atoms with van der Waals surface area (Å²) in [6, 6.07) is 9.64. The Labute approximate surface area is 140 Å². The van der Waals surface area contributed by atoms with E-state index in [9.17, 15) is 0 Å². The van der Waals surface area contributed by atoms with Gasteiger partial charge in [-0.3, -0.25) is 10.1 Å². The van der Waals surface area contributed by atoms with Crippen LogP contribution in [0.3, 0.4) is 0 Å². The molecule has 0 radical (unpaired) electrons. The zero-order valence-electron chi connectivity index (χ0n) is 11.1. The highest BCUT2D eigenvalue weighted by molar-refractivity contribution is 14.0. The molecule has 0 aliphatic rings. The van der Waals surface area contributed by atoms with Gasteiger partial charge in [-0.15, -0.1) is 24.0 Å². The summed E-state index contributed by atoms with van der Waals surface area (Å²) in [5.41, 5.74) is 2.11. The number of hydrogen-bond acceptors (Lipinski definition) is 2. The summed E-state index contributed by atoms with van der Waals surface area (Å²) < 4.78 is 0. The van der Waals surface area contributed by atoms with Gasteiger partial charge in [0.25, 0.3) is 0 Å². The lowest BCUT2D eigenvalue weighted by Crippen LogP contribution is -2.36. The monoisotopic (exact) mass is 405 g/mol. The molecular formula is C13H17ClIN5. The van der Waals surface area contributed by atoms with Crippen LogP contribution in [0.25, 0.3) is 0 Å². The number of aromatic amines is 1. The van der Waals surface area contributed by atoms with Gasteiger partial charge in [-0.1, -0.05) is 23.7 Å². The molecule has 0 aliphatic carbocycles. The smallest absolute Gasteiger partial charge is 0.191 e. The second-order valence-corrected chi connectivity index (χ2v) is 4.43. The molecular weight excluding hydrogens is 389 g/mol. The summed E-state index contributed by atoms with van der Waals surface area (Å²) in [7, 11) is 1.74. The number of aromatic nitrogens is 2. The van der Waals surface area contributed by atoms with E-state index in [0.717, 1.165) is 22.2 Å². The van der Waals surface area contributed by atoms with Gasteiger partial charge in [-0.25, -0.2) is 0 Å². The van der Waals surface area contributed by atoms with Crippen molar-refractivity contribution >= 4 is 41.5 Å². The Morgan fingerprint density at radius 2 is 2.10 bits per heavy atom. The molecule has 0 saturated carbocycles. The topological polar surface area (TPSA) is 65.1 Å². The van der Waals surface area contributed by atoms with Crippen molar-refractivity contribution in [3.63, 3.8) is 0 Å². The predicted octanol–water partition coefficient (Wildman–Crippen LogP) is 2.55. The van der Waals surface area contributed by atoms with Crippen molar-refractivity contribution in [2.24, 2.45) is 4.99 Å². The molecule has 20 heavy (non-hydrogen) atoms. The van der Waals surface area contributed by atoms with Crippen LogP contribution in [0.2, 0.25) is 5.02 Å².